The number of amides is 1. The number of aromatic nitrogens is 1. The molecule has 2 heterocycles. The Labute approximate surface area is 195 Å². The Bertz CT molecular complexity index is 1150. The molecule has 3 aromatic rings. The van der Waals surface area contributed by atoms with Crippen molar-refractivity contribution < 1.29 is 18.8 Å². The van der Waals surface area contributed by atoms with E-state index in [9.17, 15) is 4.79 Å². The van der Waals surface area contributed by atoms with Gasteiger partial charge in [0, 0.05) is 24.3 Å². The molecule has 0 radical (unpaired) electrons. The second-order valence-electron chi connectivity index (χ2n) is 9.21. The van der Waals surface area contributed by atoms with Gasteiger partial charge in [-0.3, -0.25) is 4.98 Å². The fourth-order valence-corrected chi connectivity index (χ4v) is 3.55. The Morgan fingerprint density at radius 3 is 2.48 bits per heavy atom. The highest BCUT2D eigenvalue weighted by Crippen LogP contribution is 2.38. The molecule has 1 fully saturated rings. The molecule has 0 aliphatic carbocycles. The van der Waals surface area contributed by atoms with E-state index in [0.717, 1.165) is 27.4 Å². The number of carbonyl (C=O) groups excluding carboxylic acids is 1. The standard InChI is InChI=1S/C26H29BN2O4/c1-25(2)26(3,4)33-27(32-25)23(15-20-10-11-22-16-28-13-12-21(22)14-20)17-29-24(30)31-18-19-8-6-5-7-9-19/h5-16H,17-18H2,1-4H3,(H,29,30). The molecule has 0 atom stereocenters. The first-order valence-corrected chi connectivity index (χ1v) is 11.1. The van der Waals surface area contributed by atoms with Crippen molar-refractivity contribution in [1.82, 2.24) is 10.3 Å². The summed E-state index contributed by atoms with van der Waals surface area (Å²) in [4.78, 5) is 16.5. The third kappa shape index (κ3) is 5.43. The van der Waals surface area contributed by atoms with Crippen LogP contribution in [0.2, 0.25) is 0 Å². The summed E-state index contributed by atoms with van der Waals surface area (Å²) in [5.41, 5.74) is 1.75. The summed E-state index contributed by atoms with van der Waals surface area (Å²) in [6.07, 6.45) is 5.11. The van der Waals surface area contributed by atoms with Gasteiger partial charge in [0.15, 0.2) is 0 Å². The monoisotopic (exact) mass is 444 g/mol. The largest absolute Gasteiger partial charge is 0.492 e. The molecule has 1 saturated heterocycles. The van der Waals surface area contributed by atoms with Crippen LogP contribution in [0.15, 0.2) is 72.5 Å². The highest BCUT2D eigenvalue weighted by atomic mass is 16.7. The predicted octanol–water partition coefficient (Wildman–Crippen LogP) is 5.18. The van der Waals surface area contributed by atoms with Crippen molar-refractivity contribution in [3.05, 3.63) is 83.6 Å². The normalized spacial score (nSPS) is 17.2. The lowest BCUT2D eigenvalue weighted by atomic mass is 9.77. The van der Waals surface area contributed by atoms with Crippen molar-refractivity contribution in [2.45, 2.75) is 45.5 Å². The molecule has 1 N–H and O–H groups in total. The lowest BCUT2D eigenvalue weighted by Crippen LogP contribution is -2.41. The summed E-state index contributed by atoms with van der Waals surface area (Å²) < 4.78 is 17.9. The van der Waals surface area contributed by atoms with Crippen LogP contribution >= 0.6 is 0 Å². The van der Waals surface area contributed by atoms with E-state index in [1.165, 1.54) is 0 Å². The zero-order chi connectivity index (χ0) is 23.5. The molecule has 33 heavy (non-hydrogen) atoms. The zero-order valence-electron chi connectivity index (χ0n) is 19.5. The second-order valence-corrected chi connectivity index (χ2v) is 9.21. The molecule has 7 heteroatoms. The number of carbonyl (C=O) groups is 1. The Kier molecular flexibility index (Phi) is 6.54. The molecule has 2 aromatic carbocycles. The van der Waals surface area contributed by atoms with Crippen LogP contribution < -0.4 is 5.32 Å². The van der Waals surface area contributed by atoms with Crippen LogP contribution in [0.25, 0.3) is 16.8 Å². The van der Waals surface area contributed by atoms with Crippen molar-refractivity contribution in [1.29, 1.82) is 0 Å². The first-order valence-electron chi connectivity index (χ1n) is 11.1. The summed E-state index contributed by atoms with van der Waals surface area (Å²) in [5, 5.41) is 4.99. The van der Waals surface area contributed by atoms with Crippen LogP contribution in [0, 0.1) is 0 Å². The third-order valence-electron chi connectivity index (χ3n) is 6.22. The number of hydrogen-bond acceptors (Lipinski definition) is 5. The fraction of sp³-hybridized carbons (Fsp3) is 0.308. The smallest absolute Gasteiger partial charge is 0.445 e. The quantitative estimate of drug-likeness (QED) is 0.531. The predicted molar refractivity (Wildman–Crippen MR) is 130 cm³/mol. The molecule has 1 aliphatic rings. The van der Waals surface area contributed by atoms with Gasteiger partial charge in [-0.1, -0.05) is 48.5 Å². The maximum absolute atomic E-state index is 12.4. The molecule has 0 unspecified atom stereocenters. The average molecular weight is 444 g/mol. The van der Waals surface area contributed by atoms with Crippen molar-refractivity contribution in [2.24, 2.45) is 0 Å². The van der Waals surface area contributed by atoms with Gasteiger partial charge in [0.2, 0.25) is 0 Å². The SMILES string of the molecule is CC1(C)OB(C(=Cc2ccc3cnccc3c2)CNC(=O)OCc2ccccc2)OC1(C)C. The third-order valence-corrected chi connectivity index (χ3v) is 6.22. The minimum atomic E-state index is -0.586. The van der Waals surface area contributed by atoms with Gasteiger partial charge in [-0.25, -0.2) is 4.79 Å². The fourth-order valence-electron chi connectivity index (χ4n) is 3.55. The van der Waals surface area contributed by atoms with E-state index in [-0.39, 0.29) is 13.2 Å². The maximum Gasteiger partial charge on any atom is 0.492 e. The van der Waals surface area contributed by atoms with Gasteiger partial charge in [-0.15, -0.1) is 0 Å². The minimum Gasteiger partial charge on any atom is -0.445 e. The summed E-state index contributed by atoms with van der Waals surface area (Å²) >= 11 is 0. The number of nitrogens with zero attached hydrogens (tertiary/aromatic N) is 1. The number of pyridine rings is 1. The minimum absolute atomic E-state index is 0.209. The summed E-state index contributed by atoms with van der Waals surface area (Å²) in [7, 11) is -0.586. The average Bonchev–Trinajstić information content (AvgIpc) is 3.02. The first kappa shape index (κ1) is 23.0. The molecule has 1 aliphatic heterocycles. The Hall–Kier alpha value is -3.16. The summed E-state index contributed by atoms with van der Waals surface area (Å²) in [5.74, 6) is 0. The molecule has 1 aromatic heterocycles. The Balaban J connectivity index is 1.52. The number of hydrogen-bond donors (Lipinski definition) is 1. The number of rotatable bonds is 6. The maximum atomic E-state index is 12.4. The molecule has 1 amide bonds. The van der Waals surface area contributed by atoms with E-state index < -0.39 is 24.4 Å². The van der Waals surface area contributed by atoms with E-state index >= 15 is 0 Å². The first-order chi connectivity index (χ1) is 15.7. The van der Waals surface area contributed by atoms with Crippen LogP contribution in [0.1, 0.15) is 38.8 Å². The van der Waals surface area contributed by atoms with Gasteiger partial charge in [0.1, 0.15) is 6.61 Å². The highest BCUT2D eigenvalue weighted by molar-refractivity contribution is 6.56. The molecule has 4 rings (SSSR count). The van der Waals surface area contributed by atoms with Gasteiger partial charge in [0.25, 0.3) is 0 Å². The highest BCUT2D eigenvalue weighted by Gasteiger charge is 2.52. The molecule has 0 bridgehead atoms. The number of nitrogens with one attached hydrogen (secondary N) is 1. The van der Waals surface area contributed by atoms with Gasteiger partial charge in [-0.05, 0) is 61.8 Å². The molecule has 170 valence electrons. The number of alkyl carbamates (subject to hydrolysis) is 1. The van der Waals surface area contributed by atoms with Crippen molar-refractivity contribution in [3.63, 3.8) is 0 Å². The van der Waals surface area contributed by atoms with Gasteiger partial charge in [-0.2, -0.15) is 0 Å². The lowest BCUT2D eigenvalue weighted by molar-refractivity contribution is 0.00578. The summed E-state index contributed by atoms with van der Waals surface area (Å²) in [6, 6.07) is 17.7. The van der Waals surface area contributed by atoms with Crippen molar-refractivity contribution in [3.8, 4) is 0 Å². The molecule has 6 nitrogen and oxygen atoms in total. The number of fused-ring (bicyclic) bond motifs is 1. The molecule has 0 saturated carbocycles. The van der Waals surface area contributed by atoms with Crippen molar-refractivity contribution in [2.75, 3.05) is 6.54 Å². The van der Waals surface area contributed by atoms with E-state index in [1.54, 1.807) is 6.20 Å². The zero-order valence-corrected chi connectivity index (χ0v) is 19.5. The van der Waals surface area contributed by atoms with Crippen LogP contribution in [0.5, 0.6) is 0 Å². The van der Waals surface area contributed by atoms with Gasteiger partial charge >= 0.3 is 13.2 Å². The number of benzene rings is 2. The molecule has 0 spiro atoms. The number of ether oxygens (including phenoxy) is 1. The Morgan fingerprint density at radius 2 is 1.76 bits per heavy atom. The van der Waals surface area contributed by atoms with E-state index in [1.807, 2.05) is 88.5 Å². The lowest BCUT2D eigenvalue weighted by Gasteiger charge is -2.32. The molecular weight excluding hydrogens is 415 g/mol. The van der Waals surface area contributed by atoms with E-state index in [4.69, 9.17) is 14.0 Å². The second kappa shape index (κ2) is 9.37. The van der Waals surface area contributed by atoms with Crippen LogP contribution in [-0.2, 0) is 20.7 Å². The topological polar surface area (TPSA) is 69.7 Å². The molecular formula is C26H29BN2O4. The van der Waals surface area contributed by atoms with E-state index in [0.29, 0.717) is 0 Å². The van der Waals surface area contributed by atoms with Crippen molar-refractivity contribution >= 4 is 30.1 Å². The van der Waals surface area contributed by atoms with Crippen LogP contribution in [-0.4, -0.2) is 35.9 Å². The van der Waals surface area contributed by atoms with Crippen LogP contribution in [0.3, 0.4) is 0 Å². The van der Waals surface area contributed by atoms with Gasteiger partial charge in [0.05, 0.1) is 11.2 Å². The van der Waals surface area contributed by atoms with Crippen LogP contribution in [0.4, 0.5) is 4.79 Å². The van der Waals surface area contributed by atoms with Gasteiger partial charge < -0.3 is 19.4 Å². The summed E-state index contributed by atoms with van der Waals surface area (Å²) in [6.45, 7) is 8.48. The van der Waals surface area contributed by atoms with E-state index in [2.05, 4.69) is 16.4 Å². The Morgan fingerprint density at radius 1 is 1.03 bits per heavy atom.